The predicted octanol–water partition coefficient (Wildman–Crippen LogP) is 3.61. The number of likely N-dealkylation sites (tertiary alicyclic amines) is 1. The molecule has 29 heavy (non-hydrogen) atoms. The minimum Gasteiger partial charge on any atom is -0.507 e. The second-order valence-corrected chi connectivity index (χ2v) is 8.02. The monoisotopic (exact) mass is 415 g/mol. The van der Waals surface area contributed by atoms with Crippen LogP contribution in [0.4, 0.5) is 0 Å². The number of fused-ring (bicyclic) bond motifs is 1. The Morgan fingerprint density at radius 2 is 1.97 bits per heavy atom. The van der Waals surface area contributed by atoms with E-state index in [1.54, 1.807) is 6.07 Å². The van der Waals surface area contributed by atoms with E-state index in [-0.39, 0.29) is 46.8 Å². The lowest BCUT2D eigenvalue weighted by molar-refractivity contribution is 0.172. The van der Waals surface area contributed by atoms with Crippen LogP contribution in [0.2, 0.25) is 5.02 Å². The van der Waals surface area contributed by atoms with Gasteiger partial charge in [0.15, 0.2) is 5.43 Å². The van der Waals surface area contributed by atoms with Gasteiger partial charge in [0.1, 0.15) is 28.2 Å². The molecule has 152 valence electrons. The van der Waals surface area contributed by atoms with Crippen LogP contribution in [-0.4, -0.2) is 46.5 Å². The maximum atomic E-state index is 12.9. The van der Waals surface area contributed by atoms with Crippen molar-refractivity contribution < 1.29 is 19.7 Å². The molecule has 0 radical (unpaired) electrons. The van der Waals surface area contributed by atoms with Crippen molar-refractivity contribution in [2.75, 3.05) is 20.2 Å². The molecule has 0 unspecified atom stereocenters. The number of hydrogen-bond acceptors (Lipinski definition) is 6. The van der Waals surface area contributed by atoms with Crippen LogP contribution >= 0.6 is 11.6 Å². The van der Waals surface area contributed by atoms with Gasteiger partial charge in [-0.05, 0) is 39.1 Å². The van der Waals surface area contributed by atoms with E-state index in [4.69, 9.17) is 16.0 Å². The Kier molecular flexibility index (Phi) is 5.02. The number of phenols is 2. The molecular formula is C22H22ClNO5. The van der Waals surface area contributed by atoms with Crippen LogP contribution in [0.1, 0.15) is 23.5 Å². The van der Waals surface area contributed by atoms with E-state index < -0.39 is 5.43 Å². The number of likely N-dealkylation sites (N-methyl/N-ethyl adjacent to an activating group) is 1. The predicted molar refractivity (Wildman–Crippen MR) is 112 cm³/mol. The van der Waals surface area contributed by atoms with Gasteiger partial charge >= 0.3 is 0 Å². The molecule has 2 atom stereocenters. The first-order chi connectivity index (χ1) is 13.8. The molecular weight excluding hydrogens is 394 g/mol. The highest BCUT2D eigenvalue weighted by Crippen LogP contribution is 2.44. The number of aliphatic hydroxyl groups is 1. The van der Waals surface area contributed by atoms with Gasteiger partial charge in [0.25, 0.3) is 0 Å². The maximum absolute atomic E-state index is 12.9. The van der Waals surface area contributed by atoms with E-state index in [0.717, 1.165) is 12.1 Å². The molecule has 3 N–H and O–H groups in total. The van der Waals surface area contributed by atoms with Crippen molar-refractivity contribution in [2.45, 2.75) is 25.3 Å². The quantitative estimate of drug-likeness (QED) is 0.605. The van der Waals surface area contributed by atoms with Crippen LogP contribution in [0.25, 0.3) is 22.3 Å². The maximum Gasteiger partial charge on any atom is 0.197 e. The number of aliphatic hydroxyl groups excluding tert-OH is 1. The molecule has 3 aromatic rings. The van der Waals surface area contributed by atoms with Gasteiger partial charge in [0.05, 0.1) is 11.6 Å². The van der Waals surface area contributed by atoms with Crippen LogP contribution < -0.4 is 5.43 Å². The number of nitrogens with zero attached hydrogens (tertiary/aromatic N) is 1. The van der Waals surface area contributed by atoms with Crippen LogP contribution in [0.5, 0.6) is 11.5 Å². The standard InChI is InChI=1S/C22H22ClNO5/c1-11-3-4-14(23)13(7-11)19-9-18(28)21-17(27)8-16(26)20(22(21)29-19)12-5-6-24(2)15(12)10-25/h3-4,7-9,12,15,25-27H,5-6,10H2,1-2H3/t12-,15+/m0/s1. The van der Waals surface area contributed by atoms with E-state index in [0.29, 0.717) is 22.6 Å². The zero-order valence-corrected chi connectivity index (χ0v) is 16.9. The first-order valence-electron chi connectivity index (χ1n) is 9.42. The zero-order valence-electron chi connectivity index (χ0n) is 16.1. The van der Waals surface area contributed by atoms with Gasteiger partial charge in [-0.1, -0.05) is 23.2 Å². The molecule has 1 aromatic heterocycles. The van der Waals surface area contributed by atoms with Gasteiger partial charge in [0.2, 0.25) is 0 Å². The number of aromatic hydroxyl groups is 2. The highest BCUT2D eigenvalue weighted by Gasteiger charge is 2.36. The third-order valence-electron chi connectivity index (χ3n) is 5.77. The smallest absolute Gasteiger partial charge is 0.197 e. The van der Waals surface area contributed by atoms with E-state index >= 15 is 0 Å². The van der Waals surface area contributed by atoms with E-state index in [1.807, 2.05) is 31.0 Å². The lowest BCUT2D eigenvalue weighted by Crippen LogP contribution is -2.32. The summed E-state index contributed by atoms with van der Waals surface area (Å²) in [5.74, 6) is -0.498. The number of phenolic OH excluding ortho intramolecular Hbond substituents is 2. The van der Waals surface area contributed by atoms with E-state index in [2.05, 4.69) is 0 Å². The van der Waals surface area contributed by atoms with Crippen molar-refractivity contribution in [3.8, 4) is 22.8 Å². The summed E-state index contributed by atoms with van der Waals surface area (Å²) < 4.78 is 6.09. The summed E-state index contributed by atoms with van der Waals surface area (Å²) in [5, 5.41) is 31.3. The molecule has 1 fully saturated rings. The number of halogens is 1. The van der Waals surface area contributed by atoms with Gasteiger partial charge in [-0.15, -0.1) is 0 Å². The molecule has 6 nitrogen and oxygen atoms in total. The summed E-state index contributed by atoms with van der Waals surface area (Å²) in [7, 11) is 1.90. The van der Waals surface area contributed by atoms with Gasteiger partial charge in [0, 0.05) is 35.2 Å². The van der Waals surface area contributed by atoms with Crippen molar-refractivity contribution in [3.05, 3.63) is 56.7 Å². The Labute approximate surface area is 172 Å². The van der Waals surface area contributed by atoms with Gasteiger partial charge in [-0.25, -0.2) is 0 Å². The molecule has 4 rings (SSSR count). The van der Waals surface area contributed by atoms with E-state index in [9.17, 15) is 20.1 Å². The Morgan fingerprint density at radius 1 is 1.21 bits per heavy atom. The highest BCUT2D eigenvalue weighted by molar-refractivity contribution is 6.33. The molecule has 0 amide bonds. The van der Waals surface area contributed by atoms with Crippen LogP contribution in [0.3, 0.4) is 0 Å². The summed E-state index contributed by atoms with van der Waals surface area (Å²) in [6.07, 6.45) is 0.675. The first kappa shape index (κ1) is 19.8. The normalized spacial score (nSPS) is 19.9. The Morgan fingerprint density at radius 3 is 2.69 bits per heavy atom. The zero-order chi connectivity index (χ0) is 20.9. The van der Waals surface area contributed by atoms with Crippen molar-refractivity contribution in [3.63, 3.8) is 0 Å². The number of benzene rings is 2. The number of hydrogen-bond donors (Lipinski definition) is 3. The molecule has 2 aromatic carbocycles. The summed E-state index contributed by atoms with van der Waals surface area (Å²) in [4.78, 5) is 14.9. The minimum absolute atomic E-state index is 0.0107. The lowest BCUT2D eigenvalue weighted by atomic mass is 9.89. The SMILES string of the molecule is Cc1ccc(Cl)c(-c2cc(=O)c3c(O)cc(O)c([C@H]4CCN(C)[C@@H]4CO)c3o2)c1. The van der Waals surface area contributed by atoms with Gasteiger partial charge in [-0.2, -0.15) is 0 Å². The summed E-state index contributed by atoms with van der Waals surface area (Å²) in [6.45, 7) is 2.53. The largest absolute Gasteiger partial charge is 0.507 e. The minimum atomic E-state index is -0.426. The van der Waals surface area contributed by atoms with Crippen molar-refractivity contribution in [1.29, 1.82) is 0 Å². The molecule has 1 aliphatic rings. The Hall–Kier alpha value is -2.54. The molecule has 1 saturated heterocycles. The summed E-state index contributed by atoms with van der Waals surface area (Å²) in [6, 6.07) is 7.63. The summed E-state index contributed by atoms with van der Waals surface area (Å²) in [5.41, 5.74) is 1.63. The van der Waals surface area contributed by atoms with Gasteiger partial charge < -0.3 is 24.6 Å². The topological polar surface area (TPSA) is 94.1 Å². The van der Waals surface area contributed by atoms with Crippen LogP contribution in [0.15, 0.2) is 39.5 Å². The van der Waals surface area contributed by atoms with Gasteiger partial charge in [-0.3, -0.25) is 4.79 Å². The number of rotatable bonds is 3. The lowest BCUT2D eigenvalue weighted by Gasteiger charge is -2.24. The van der Waals surface area contributed by atoms with E-state index in [1.165, 1.54) is 12.1 Å². The van der Waals surface area contributed by atoms with Crippen molar-refractivity contribution >= 4 is 22.6 Å². The third-order valence-corrected chi connectivity index (χ3v) is 6.10. The Balaban J connectivity index is 2.03. The Bertz CT molecular complexity index is 1160. The first-order valence-corrected chi connectivity index (χ1v) is 9.80. The summed E-state index contributed by atoms with van der Waals surface area (Å²) >= 11 is 6.33. The second-order valence-electron chi connectivity index (χ2n) is 7.62. The average molecular weight is 416 g/mol. The molecule has 2 heterocycles. The second kappa shape index (κ2) is 7.37. The molecule has 0 aliphatic carbocycles. The van der Waals surface area contributed by atoms with Crippen molar-refractivity contribution in [1.82, 2.24) is 4.90 Å². The van der Waals surface area contributed by atoms with Crippen LogP contribution in [0, 0.1) is 6.92 Å². The van der Waals surface area contributed by atoms with Crippen molar-refractivity contribution in [2.24, 2.45) is 0 Å². The molecule has 0 bridgehead atoms. The van der Waals surface area contributed by atoms with Crippen LogP contribution in [-0.2, 0) is 0 Å². The third kappa shape index (κ3) is 3.27. The fraction of sp³-hybridized carbons (Fsp3) is 0.318. The number of aryl methyl sites for hydroxylation is 1. The molecule has 0 saturated carbocycles. The fourth-order valence-electron chi connectivity index (χ4n) is 4.25. The molecule has 0 spiro atoms. The highest BCUT2D eigenvalue weighted by atomic mass is 35.5. The average Bonchev–Trinajstić information content (AvgIpc) is 3.03. The fourth-order valence-corrected chi connectivity index (χ4v) is 4.46. The molecule has 7 heteroatoms. The molecule has 1 aliphatic heterocycles.